The topological polar surface area (TPSA) is 77.9 Å². The molecule has 154 valence electrons. The predicted molar refractivity (Wildman–Crippen MR) is 120 cm³/mol. The molecule has 1 aromatic heterocycles. The van der Waals surface area contributed by atoms with Gasteiger partial charge in [-0.05, 0) is 55.2 Å². The second-order valence-corrected chi connectivity index (χ2v) is 7.47. The van der Waals surface area contributed by atoms with Crippen LogP contribution >= 0.6 is 11.6 Å². The molecule has 1 atom stereocenters. The summed E-state index contributed by atoms with van der Waals surface area (Å²) in [4.78, 5) is 15.7. The van der Waals surface area contributed by atoms with Crippen LogP contribution in [-0.4, -0.2) is 23.5 Å². The van der Waals surface area contributed by atoms with Crippen molar-refractivity contribution < 1.29 is 9.53 Å². The largest absolute Gasteiger partial charge is 0.489 e. The van der Waals surface area contributed by atoms with Crippen LogP contribution in [0.1, 0.15) is 31.4 Å². The normalized spacial score (nSPS) is 12.4. The lowest BCUT2D eigenvalue weighted by Crippen LogP contribution is -2.26. The van der Waals surface area contributed by atoms with E-state index in [2.05, 4.69) is 10.3 Å². The van der Waals surface area contributed by atoms with Gasteiger partial charge in [-0.15, -0.1) is 0 Å². The fourth-order valence-corrected chi connectivity index (χ4v) is 3.30. The second kappa shape index (κ2) is 10.00. The SMILES string of the molecule is CC[C@H](C)Oc1ccc(/C=C(/C#N)C(=O)NCCc2c[nH]c3ccccc23)cc1Cl. The molecule has 0 saturated heterocycles. The summed E-state index contributed by atoms with van der Waals surface area (Å²) in [5.74, 6) is 0.179. The first-order valence-electron chi connectivity index (χ1n) is 9.93. The predicted octanol–water partition coefficient (Wildman–Crippen LogP) is 5.26. The number of hydrogen-bond acceptors (Lipinski definition) is 3. The minimum atomic E-state index is -0.409. The van der Waals surface area contributed by atoms with Gasteiger partial charge in [0.2, 0.25) is 0 Å². The number of nitrogens with one attached hydrogen (secondary N) is 2. The molecule has 3 rings (SSSR count). The summed E-state index contributed by atoms with van der Waals surface area (Å²) in [7, 11) is 0. The Hall–Kier alpha value is -3.23. The lowest BCUT2D eigenvalue weighted by Gasteiger charge is -2.14. The number of aromatic amines is 1. The first-order chi connectivity index (χ1) is 14.5. The third kappa shape index (κ3) is 5.22. The number of nitriles is 1. The average Bonchev–Trinajstić information content (AvgIpc) is 3.16. The molecule has 0 aliphatic rings. The molecule has 0 aliphatic heterocycles. The summed E-state index contributed by atoms with van der Waals surface area (Å²) in [5.41, 5.74) is 2.88. The first kappa shape index (κ1) is 21.5. The standard InChI is InChI=1S/C24H24ClN3O2/c1-3-16(2)30-23-9-8-17(13-21(23)25)12-19(14-26)24(29)27-11-10-18-15-28-22-7-5-4-6-20(18)22/h4-9,12-13,15-16,28H,3,10-11H2,1-2H3,(H,27,29)/b19-12-/t16-/m0/s1. The molecule has 2 aromatic carbocycles. The van der Waals surface area contributed by atoms with Crippen molar-refractivity contribution in [2.75, 3.05) is 6.54 Å². The zero-order valence-electron chi connectivity index (χ0n) is 17.0. The molecule has 0 fully saturated rings. The monoisotopic (exact) mass is 421 g/mol. The van der Waals surface area contributed by atoms with Crippen molar-refractivity contribution in [2.24, 2.45) is 0 Å². The van der Waals surface area contributed by atoms with Crippen LogP contribution < -0.4 is 10.1 Å². The molecule has 6 heteroatoms. The van der Waals surface area contributed by atoms with Gasteiger partial charge in [-0.3, -0.25) is 4.79 Å². The molecule has 0 spiro atoms. The molecule has 0 bridgehead atoms. The zero-order valence-corrected chi connectivity index (χ0v) is 17.8. The number of benzene rings is 2. The highest BCUT2D eigenvalue weighted by atomic mass is 35.5. The highest BCUT2D eigenvalue weighted by molar-refractivity contribution is 6.32. The molecule has 0 unspecified atom stereocenters. The van der Waals surface area contributed by atoms with Gasteiger partial charge in [0.15, 0.2) is 0 Å². The van der Waals surface area contributed by atoms with Crippen LogP contribution in [0, 0.1) is 11.3 Å². The fraction of sp³-hybridized carbons (Fsp3) is 0.250. The summed E-state index contributed by atoms with van der Waals surface area (Å²) >= 11 is 6.28. The summed E-state index contributed by atoms with van der Waals surface area (Å²) in [6, 6.07) is 15.2. The van der Waals surface area contributed by atoms with Gasteiger partial charge in [-0.25, -0.2) is 0 Å². The maximum atomic E-state index is 12.4. The highest BCUT2D eigenvalue weighted by Gasteiger charge is 2.11. The molecule has 0 saturated carbocycles. The summed E-state index contributed by atoms with van der Waals surface area (Å²) in [6.07, 6.45) is 5.07. The van der Waals surface area contributed by atoms with E-state index in [4.69, 9.17) is 16.3 Å². The minimum Gasteiger partial charge on any atom is -0.489 e. The van der Waals surface area contributed by atoms with Crippen LogP contribution in [0.25, 0.3) is 17.0 Å². The van der Waals surface area contributed by atoms with E-state index in [1.54, 1.807) is 18.2 Å². The number of para-hydroxylation sites is 1. The zero-order chi connectivity index (χ0) is 21.5. The summed E-state index contributed by atoms with van der Waals surface area (Å²) in [6.45, 7) is 4.44. The Morgan fingerprint density at radius 2 is 2.13 bits per heavy atom. The van der Waals surface area contributed by atoms with E-state index >= 15 is 0 Å². The van der Waals surface area contributed by atoms with Gasteiger partial charge in [0.05, 0.1) is 11.1 Å². The Balaban J connectivity index is 1.63. The van der Waals surface area contributed by atoms with Crippen molar-refractivity contribution in [1.29, 1.82) is 5.26 Å². The van der Waals surface area contributed by atoms with Crippen LogP contribution in [0.3, 0.4) is 0 Å². The number of H-pyrrole nitrogens is 1. The maximum absolute atomic E-state index is 12.4. The van der Waals surface area contributed by atoms with Gasteiger partial charge >= 0.3 is 0 Å². The second-order valence-electron chi connectivity index (χ2n) is 7.06. The van der Waals surface area contributed by atoms with Gasteiger partial charge in [0.1, 0.15) is 17.4 Å². The van der Waals surface area contributed by atoms with Crippen molar-refractivity contribution in [1.82, 2.24) is 10.3 Å². The number of carbonyl (C=O) groups excluding carboxylic acids is 1. The number of halogens is 1. The van der Waals surface area contributed by atoms with Gasteiger partial charge in [0.25, 0.3) is 5.91 Å². The number of carbonyl (C=O) groups is 1. The van der Waals surface area contributed by atoms with Gasteiger partial charge in [-0.1, -0.05) is 42.8 Å². The lowest BCUT2D eigenvalue weighted by atomic mass is 10.1. The van der Waals surface area contributed by atoms with Crippen molar-refractivity contribution >= 4 is 34.5 Å². The van der Waals surface area contributed by atoms with E-state index < -0.39 is 5.91 Å². The van der Waals surface area contributed by atoms with Crippen LogP contribution in [0.5, 0.6) is 5.75 Å². The van der Waals surface area contributed by atoms with E-state index in [9.17, 15) is 10.1 Å². The van der Waals surface area contributed by atoms with E-state index in [1.807, 2.05) is 50.4 Å². The summed E-state index contributed by atoms with van der Waals surface area (Å²) in [5, 5.41) is 13.8. The van der Waals surface area contributed by atoms with Crippen molar-refractivity contribution in [2.45, 2.75) is 32.8 Å². The molecule has 30 heavy (non-hydrogen) atoms. The number of nitrogens with zero attached hydrogens (tertiary/aromatic N) is 1. The highest BCUT2D eigenvalue weighted by Crippen LogP contribution is 2.27. The number of aromatic nitrogens is 1. The van der Waals surface area contributed by atoms with Crippen LogP contribution in [-0.2, 0) is 11.2 Å². The summed E-state index contributed by atoms with van der Waals surface area (Å²) < 4.78 is 5.75. The van der Waals surface area contributed by atoms with Gasteiger partial charge < -0.3 is 15.0 Å². The average molecular weight is 422 g/mol. The smallest absolute Gasteiger partial charge is 0.261 e. The number of amides is 1. The molecule has 0 aliphatic carbocycles. The van der Waals surface area contributed by atoms with Crippen molar-refractivity contribution in [3.8, 4) is 11.8 Å². The first-order valence-corrected chi connectivity index (χ1v) is 10.3. The number of hydrogen-bond donors (Lipinski definition) is 2. The maximum Gasteiger partial charge on any atom is 0.261 e. The molecular weight excluding hydrogens is 398 g/mol. The van der Waals surface area contributed by atoms with Gasteiger partial charge in [0, 0.05) is 23.6 Å². The third-order valence-corrected chi connectivity index (χ3v) is 5.19. The van der Waals surface area contributed by atoms with Crippen LogP contribution in [0.15, 0.2) is 54.2 Å². The molecule has 0 radical (unpaired) electrons. The van der Waals surface area contributed by atoms with Crippen molar-refractivity contribution in [3.05, 3.63) is 70.4 Å². The quantitative estimate of drug-likeness (QED) is 0.384. The molecule has 1 heterocycles. The van der Waals surface area contributed by atoms with Crippen LogP contribution in [0.4, 0.5) is 0 Å². The fourth-order valence-electron chi connectivity index (χ4n) is 3.06. The van der Waals surface area contributed by atoms with E-state index in [0.29, 0.717) is 29.3 Å². The Bertz CT molecular complexity index is 1110. The molecule has 5 nitrogen and oxygen atoms in total. The van der Waals surface area contributed by atoms with Crippen molar-refractivity contribution in [3.63, 3.8) is 0 Å². The Morgan fingerprint density at radius 3 is 2.87 bits per heavy atom. The minimum absolute atomic E-state index is 0.0283. The lowest BCUT2D eigenvalue weighted by molar-refractivity contribution is -0.117. The Kier molecular flexibility index (Phi) is 7.16. The van der Waals surface area contributed by atoms with Crippen LogP contribution in [0.2, 0.25) is 5.02 Å². The Labute approximate surface area is 181 Å². The van der Waals surface area contributed by atoms with E-state index in [1.165, 1.54) is 6.08 Å². The Morgan fingerprint density at radius 1 is 1.33 bits per heavy atom. The number of ether oxygens (including phenoxy) is 1. The number of rotatable bonds is 8. The van der Waals surface area contributed by atoms with E-state index in [0.717, 1.165) is 22.9 Å². The molecular formula is C24H24ClN3O2. The van der Waals surface area contributed by atoms with Gasteiger partial charge in [-0.2, -0.15) is 5.26 Å². The molecule has 3 aromatic rings. The molecule has 2 N–H and O–H groups in total. The number of fused-ring (bicyclic) bond motifs is 1. The molecule has 1 amide bonds. The third-order valence-electron chi connectivity index (χ3n) is 4.89. The van der Waals surface area contributed by atoms with E-state index in [-0.39, 0.29) is 11.7 Å².